The number of halogens is 3. The monoisotopic (exact) mass is 757 g/mol. The molecule has 0 aliphatic heterocycles. The zero-order valence-electron chi connectivity index (χ0n) is 31.6. The normalized spacial score (nSPS) is 11.9. The van der Waals surface area contributed by atoms with Gasteiger partial charge in [-0.2, -0.15) is 18.4 Å². The summed E-state index contributed by atoms with van der Waals surface area (Å²) in [4.78, 5) is 0. The lowest BCUT2D eigenvalue weighted by Gasteiger charge is -2.22. The molecule has 0 radical (unpaired) electrons. The molecule has 0 atom stereocenters. The largest absolute Gasteiger partial charge is 0.417 e. The average molecular weight is 758 g/mol. The van der Waals surface area contributed by atoms with Crippen molar-refractivity contribution in [3.8, 4) is 50.8 Å². The van der Waals surface area contributed by atoms with Crippen molar-refractivity contribution in [2.45, 2.75) is 20.0 Å². The van der Waals surface area contributed by atoms with Gasteiger partial charge in [-0.25, -0.2) is 0 Å². The molecule has 0 amide bonds. The third kappa shape index (κ3) is 5.58. The molecule has 10 rings (SSSR count). The van der Waals surface area contributed by atoms with E-state index in [9.17, 15) is 5.26 Å². The number of nitrogens with zero attached hydrogens (tertiary/aromatic N) is 3. The minimum absolute atomic E-state index is 0.00609. The zero-order valence-corrected chi connectivity index (χ0v) is 31.6. The van der Waals surface area contributed by atoms with E-state index in [-0.39, 0.29) is 11.1 Å². The second-order valence-electron chi connectivity index (χ2n) is 14.9. The van der Waals surface area contributed by atoms with Crippen LogP contribution in [0.1, 0.15) is 22.3 Å². The third-order valence-corrected chi connectivity index (χ3v) is 11.5. The molecule has 0 bridgehead atoms. The Bertz CT molecular complexity index is 3320. The zero-order chi connectivity index (χ0) is 39.7. The molecule has 0 aliphatic carbocycles. The molecule has 6 heteroatoms. The van der Waals surface area contributed by atoms with Gasteiger partial charge in [0.1, 0.15) is 0 Å². The maximum absolute atomic E-state index is 15.6. The first kappa shape index (κ1) is 35.1. The number of aromatic nitrogens is 2. The fourth-order valence-corrected chi connectivity index (χ4v) is 8.76. The number of rotatable bonds is 5. The molecule has 10 aromatic rings. The predicted octanol–water partition coefficient (Wildman–Crippen LogP) is 14.4. The Morgan fingerprint density at radius 3 is 1.41 bits per heavy atom. The number of fused-ring (bicyclic) bond motifs is 6. The van der Waals surface area contributed by atoms with Gasteiger partial charge in [-0.05, 0) is 119 Å². The van der Waals surface area contributed by atoms with E-state index in [0.717, 1.165) is 77.0 Å². The standard InChI is InChI=1S/C52H34F3N3/c1-32-12-3-5-16-38(32)36-22-24-48-43(27-36)40-18-7-9-20-46(40)57(48)50-29-42(35-15-11-14-34(26-35)31-56)45(52(53,54)55)30-51(50)58-47-21-10-8-19-41(47)44-28-37(23-25-49(44)58)39-17-6-4-13-33(39)2/h3-30H,1-2H3. The molecule has 0 fully saturated rings. The first-order valence-corrected chi connectivity index (χ1v) is 19.1. The fourth-order valence-electron chi connectivity index (χ4n) is 8.76. The van der Waals surface area contributed by atoms with Gasteiger partial charge in [-0.1, -0.05) is 109 Å². The van der Waals surface area contributed by atoms with E-state index < -0.39 is 11.7 Å². The summed E-state index contributed by atoms with van der Waals surface area (Å²) in [5.41, 5.74) is 10.6. The Balaban J connectivity index is 1.35. The quantitative estimate of drug-likeness (QED) is 0.172. The maximum Gasteiger partial charge on any atom is 0.417 e. The number of nitriles is 1. The summed E-state index contributed by atoms with van der Waals surface area (Å²) in [6.07, 6.45) is -4.72. The molecular formula is C52H34F3N3. The minimum atomic E-state index is -4.72. The Morgan fingerprint density at radius 2 is 0.897 bits per heavy atom. The number of aryl methyl sites for hydroxylation is 2. The van der Waals surface area contributed by atoms with Crippen molar-refractivity contribution in [1.82, 2.24) is 9.13 Å². The highest BCUT2D eigenvalue weighted by molar-refractivity contribution is 6.13. The smallest absolute Gasteiger partial charge is 0.307 e. The topological polar surface area (TPSA) is 33.6 Å². The van der Waals surface area contributed by atoms with Crippen molar-refractivity contribution in [2.75, 3.05) is 0 Å². The molecule has 58 heavy (non-hydrogen) atoms. The molecule has 2 aromatic heterocycles. The van der Waals surface area contributed by atoms with Crippen molar-refractivity contribution in [2.24, 2.45) is 0 Å². The van der Waals surface area contributed by atoms with Crippen molar-refractivity contribution in [3.05, 3.63) is 192 Å². The van der Waals surface area contributed by atoms with Crippen LogP contribution in [0.15, 0.2) is 170 Å². The number of para-hydroxylation sites is 2. The van der Waals surface area contributed by atoms with E-state index in [1.807, 2.05) is 77.4 Å². The fraction of sp³-hybridized carbons (Fsp3) is 0.0577. The van der Waals surface area contributed by atoms with Gasteiger partial charge in [0.15, 0.2) is 0 Å². The molecule has 3 nitrogen and oxygen atoms in total. The van der Waals surface area contributed by atoms with Crippen LogP contribution in [0.4, 0.5) is 13.2 Å². The Morgan fingerprint density at radius 1 is 0.431 bits per heavy atom. The highest BCUT2D eigenvalue weighted by Crippen LogP contribution is 2.46. The number of benzene rings is 8. The van der Waals surface area contributed by atoms with Gasteiger partial charge < -0.3 is 9.13 Å². The molecular weight excluding hydrogens is 724 g/mol. The van der Waals surface area contributed by atoms with E-state index in [1.54, 1.807) is 24.3 Å². The summed E-state index contributed by atoms with van der Waals surface area (Å²) in [7, 11) is 0. The van der Waals surface area contributed by atoms with Gasteiger partial charge >= 0.3 is 6.18 Å². The Kier molecular flexibility index (Phi) is 8.10. The summed E-state index contributed by atoms with van der Waals surface area (Å²) in [5, 5.41) is 13.6. The van der Waals surface area contributed by atoms with E-state index in [0.29, 0.717) is 16.9 Å². The molecule has 0 aliphatic rings. The van der Waals surface area contributed by atoms with Crippen LogP contribution in [-0.2, 0) is 6.18 Å². The van der Waals surface area contributed by atoms with E-state index in [2.05, 4.69) is 85.1 Å². The van der Waals surface area contributed by atoms with Crippen LogP contribution in [0.3, 0.4) is 0 Å². The second-order valence-corrected chi connectivity index (χ2v) is 14.9. The first-order chi connectivity index (χ1) is 28.2. The van der Waals surface area contributed by atoms with Crippen LogP contribution in [-0.4, -0.2) is 9.13 Å². The van der Waals surface area contributed by atoms with Crippen LogP contribution in [0, 0.1) is 25.2 Å². The summed E-state index contributed by atoms with van der Waals surface area (Å²) in [5.74, 6) is 0. The van der Waals surface area contributed by atoms with Crippen LogP contribution >= 0.6 is 0 Å². The third-order valence-electron chi connectivity index (χ3n) is 11.5. The van der Waals surface area contributed by atoms with E-state index in [4.69, 9.17) is 0 Å². The summed E-state index contributed by atoms with van der Waals surface area (Å²) in [6, 6.07) is 56.5. The molecule has 0 N–H and O–H groups in total. The lowest BCUT2D eigenvalue weighted by atomic mass is 9.95. The SMILES string of the molecule is Cc1ccccc1-c1ccc2c(c1)c1ccccc1n2-c1cc(-c2cccc(C#N)c2)c(C(F)(F)F)cc1-n1c2ccccc2c2cc(-c3ccccc3C)ccc21. The van der Waals surface area contributed by atoms with Crippen molar-refractivity contribution < 1.29 is 13.2 Å². The molecule has 2 heterocycles. The van der Waals surface area contributed by atoms with Gasteiger partial charge in [-0.15, -0.1) is 0 Å². The van der Waals surface area contributed by atoms with Crippen molar-refractivity contribution in [1.29, 1.82) is 5.26 Å². The van der Waals surface area contributed by atoms with Gasteiger partial charge in [0, 0.05) is 21.5 Å². The summed E-state index contributed by atoms with van der Waals surface area (Å²) < 4.78 is 50.8. The molecule has 0 saturated carbocycles. The van der Waals surface area contributed by atoms with Crippen molar-refractivity contribution >= 4 is 43.6 Å². The summed E-state index contributed by atoms with van der Waals surface area (Å²) in [6.45, 7) is 4.17. The maximum atomic E-state index is 15.6. The Hall–Kier alpha value is -7.36. The molecule has 0 spiro atoms. The minimum Gasteiger partial charge on any atom is -0.307 e. The highest BCUT2D eigenvalue weighted by atomic mass is 19.4. The molecule has 8 aromatic carbocycles. The van der Waals surface area contributed by atoms with Crippen LogP contribution < -0.4 is 0 Å². The Labute approximate surface area is 333 Å². The number of hydrogen-bond acceptors (Lipinski definition) is 1. The van der Waals surface area contributed by atoms with Crippen LogP contribution in [0.25, 0.3) is 88.4 Å². The average Bonchev–Trinajstić information content (AvgIpc) is 3.75. The van der Waals surface area contributed by atoms with Gasteiger partial charge in [-0.3, -0.25) is 0 Å². The lowest BCUT2D eigenvalue weighted by Crippen LogP contribution is -2.12. The molecule has 0 unspecified atom stereocenters. The van der Waals surface area contributed by atoms with Gasteiger partial charge in [0.2, 0.25) is 0 Å². The molecule has 278 valence electrons. The van der Waals surface area contributed by atoms with E-state index >= 15 is 13.2 Å². The van der Waals surface area contributed by atoms with Crippen LogP contribution in [0.2, 0.25) is 0 Å². The van der Waals surface area contributed by atoms with Gasteiger partial charge in [0.25, 0.3) is 0 Å². The van der Waals surface area contributed by atoms with Crippen LogP contribution in [0.5, 0.6) is 0 Å². The van der Waals surface area contributed by atoms with Gasteiger partial charge in [0.05, 0.1) is 50.6 Å². The first-order valence-electron chi connectivity index (χ1n) is 19.1. The summed E-state index contributed by atoms with van der Waals surface area (Å²) >= 11 is 0. The lowest BCUT2D eigenvalue weighted by molar-refractivity contribution is -0.137. The van der Waals surface area contributed by atoms with Crippen molar-refractivity contribution in [3.63, 3.8) is 0 Å². The van der Waals surface area contributed by atoms with E-state index in [1.165, 1.54) is 12.1 Å². The second kappa shape index (κ2) is 13.4. The highest BCUT2D eigenvalue weighted by Gasteiger charge is 2.36. The molecule has 0 saturated heterocycles. The predicted molar refractivity (Wildman–Crippen MR) is 231 cm³/mol. The number of alkyl halides is 3. The number of hydrogen-bond donors (Lipinski definition) is 0.